The standard InChI is InChI=1S/C54H65F3N10O5/c1-34(46-31-42-41(16-21-58-49(42)63(46)5)39-10-14-47(59-32-39)61-52(71)72-53(2,3)4)65-24-19-37(20-25-65)36-6-8-38(9-7-36)51(70)67-22-17-35(18-23-67)33-64-26-28-66(29-27-64)45-13-11-40(30-43(45)54(55,56)57)60-44-12-15-48(68)62-50(44)69/h6-11,13-14,16,21,30-32,34-35,37,44,60H,12,15,17-20,22-29,33H2,1-5H3,(H,59,61,71)(H,62,68,69)/t34-,44?/m0/s1. The average Bonchev–Trinajstić information content (AvgIpc) is 3.70. The maximum atomic E-state index is 14.3. The van der Waals surface area contributed by atoms with Crippen molar-refractivity contribution in [1.82, 2.24) is 34.6 Å². The van der Waals surface area contributed by atoms with Crippen molar-refractivity contribution >= 4 is 52.0 Å². The van der Waals surface area contributed by atoms with Crippen molar-refractivity contribution in [2.45, 2.75) is 96.0 Å². The molecule has 5 aromatic rings. The van der Waals surface area contributed by atoms with E-state index in [0.29, 0.717) is 62.5 Å². The lowest BCUT2D eigenvalue weighted by molar-refractivity contribution is -0.137. The fraction of sp³-hybridized carbons (Fsp3) is 0.481. The molecule has 2 atom stereocenters. The molecule has 9 rings (SSSR count). The van der Waals surface area contributed by atoms with Gasteiger partial charge in [0.25, 0.3) is 5.91 Å². The summed E-state index contributed by atoms with van der Waals surface area (Å²) in [5.74, 6) is 0.332. The number of amides is 4. The molecular formula is C54H65F3N10O5. The average molecular weight is 991 g/mol. The molecule has 0 spiro atoms. The number of nitrogens with one attached hydrogen (secondary N) is 3. The van der Waals surface area contributed by atoms with Crippen LogP contribution in [0.5, 0.6) is 0 Å². The number of fused-ring (bicyclic) bond motifs is 1. The third kappa shape index (κ3) is 11.5. The molecule has 0 aliphatic carbocycles. The number of carbonyl (C=O) groups is 4. The quantitative estimate of drug-likeness (QED) is 0.109. The number of hydrogen-bond donors (Lipinski definition) is 3. The van der Waals surface area contributed by atoms with Crippen molar-refractivity contribution in [2.24, 2.45) is 13.0 Å². The van der Waals surface area contributed by atoms with Crippen molar-refractivity contribution in [1.29, 1.82) is 0 Å². The summed E-state index contributed by atoms with van der Waals surface area (Å²) in [4.78, 5) is 67.5. The highest BCUT2D eigenvalue weighted by atomic mass is 19.4. The molecule has 4 amide bonds. The Morgan fingerprint density at radius 3 is 2.22 bits per heavy atom. The van der Waals surface area contributed by atoms with Crippen molar-refractivity contribution in [3.63, 3.8) is 0 Å². The summed E-state index contributed by atoms with van der Waals surface area (Å²) >= 11 is 0. The van der Waals surface area contributed by atoms with Gasteiger partial charge >= 0.3 is 12.3 Å². The number of carbonyl (C=O) groups excluding carboxylic acids is 4. The lowest BCUT2D eigenvalue weighted by atomic mass is 9.88. The number of nitrogens with zero attached hydrogens (tertiary/aromatic N) is 7. The van der Waals surface area contributed by atoms with Gasteiger partial charge in [-0.1, -0.05) is 12.1 Å². The van der Waals surface area contributed by atoms with E-state index in [2.05, 4.69) is 67.5 Å². The van der Waals surface area contributed by atoms with Crippen molar-refractivity contribution in [3.05, 3.63) is 102 Å². The molecule has 4 saturated heterocycles. The van der Waals surface area contributed by atoms with Gasteiger partial charge in [0.05, 0.1) is 5.56 Å². The van der Waals surface area contributed by atoms with Gasteiger partial charge in [-0.05, 0) is 150 Å². The molecule has 382 valence electrons. The molecule has 0 bridgehead atoms. The lowest BCUT2D eigenvalue weighted by Crippen LogP contribution is -2.49. The summed E-state index contributed by atoms with van der Waals surface area (Å²) in [5.41, 5.74) is 4.90. The minimum atomic E-state index is -4.59. The summed E-state index contributed by atoms with van der Waals surface area (Å²) < 4.78 is 50.6. The molecule has 7 heterocycles. The van der Waals surface area contributed by atoms with E-state index in [0.717, 1.165) is 73.5 Å². The Morgan fingerprint density at radius 2 is 1.57 bits per heavy atom. The van der Waals surface area contributed by atoms with Crippen molar-refractivity contribution < 1.29 is 37.1 Å². The second-order valence-electron chi connectivity index (χ2n) is 20.8. The van der Waals surface area contributed by atoms with E-state index in [-0.39, 0.29) is 42.1 Å². The summed E-state index contributed by atoms with van der Waals surface area (Å²) in [6.07, 6.45) is 2.55. The second-order valence-corrected chi connectivity index (χ2v) is 20.8. The zero-order valence-electron chi connectivity index (χ0n) is 41.7. The van der Waals surface area contributed by atoms with E-state index in [9.17, 15) is 32.3 Å². The lowest BCUT2D eigenvalue weighted by Gasteiger charge is -2.40. The molecule has 72 heavy (non-hydrogen) atoms. The van der Waals surface area contributed by atoms with E-state index in [4.69, 9.17) is 9.72 Å². The van der Waals surface area contributed by atoms with Crippen molar-refractivity contribution in [3.8, 4) is 11.1 Å². The number of pyridine rings is 2. The third-order valence-electron chi connectivity index (χ3n) is 14.8. The molecule has 0 radical (unpaired) electrons. The number of rotatable bonds is 11. The monoisotopic (exact) mass is 991 g/mol. The molecule has 3 aromatic heterocycles. The maximum Gasteiger partial charge on any atom is 0.418 e. The Morgan fingerprint density at radius 1 is 0.847 bits per heavy atom. The van der Waals surface area contributed by atoms with Crippen LogP contribution in [0.1, 0.15) is 105 Å². The van der Waals surface area contributed by atoms with Gasteiger partial charge < -0.3 is 24.4 Å². The predicted octanol–water partition coefficient (Wildman–Crippen LogP) is 8.83. The van der Waals surface area contributed by atoms with Gasteiger partial charge in [0.1, 0.15) is 23.1 Å². The van der Waals surface area contributed by atoms with Crippen LogP contribution in [0.15, 0.2) is 79.1 Å². The van der Waals surface area contributed by atoms with Gasteiger partial charge in [0.15, 0.2) is 0 Å². The van der Waals surface area contributed by atoms with Crippen LogP contribution in [-0.2, 0) is 27.5 Å². The number of alkyl halides is 3. The Labute approximate surface area is 418 Å². The van der Waals surface area contributed by atoms with Gasteiger partial charge in [0, 0.05) is 111 Å². The van der Waals surface area contributed by atoms with Gasteiger partial charge in [-0.15, -0.1) is 0 Å². The van der Waals surface area contributed by atoms with Crippen LogP contribution in [0.25, 0.3) is 22.2 Å². The first-order valence-corrected chi connectivity index (χ1v) is 25.2. The molecule has 0 saturated carbocycles. The summed E-state index contributed by atoms with van der Waals surface area (Å²) in [6.45, 7) is 13.9. The Kier molecular flexibility index (Phi) is 14.6. The molecular weight excluding hydrogens is 926 g/mol. The predicted molar refractivity (Wildman–Crippen MR) is 271 cm³/mol. The van der Waals surface area contributed by atoms with Crippen LogP contribution >= 0.6 is 0 Å². The van der Waals surface area contributed by atoms with Crippen LogP contribution in [0.3, 0.4) is 0 Å². The second kappa shape index (κ2) is 20.9. The summed E-state index contributed by atoms with van der Waals surface area (Å²) in [7, 11) is 2.07. The topological polar surface area (TPSA) is 157 Å². The highest BCUT2D eigenvalue weighted by Crippen LogP contribution is 2.40. The number of piperidine rings is 3. The van der Waals surface area contributed by atoms with Crippen LogP contribution in [0.4, 0.5) is 35.2 Å². The van der Waals surface area contributed by atoms with Crippen LogP contribution in [0.2, 0.25) is 0 Å². The minimum absolute atomic E-state index is 0.0483. The number of imide groups is 1. The minimum Gasteiger partial charge on any atom is -0.444 e. The molecule has 3 N–H and O–H groups in total. The number of hydrogen-bond acceptors (Lipinski definition) is 11. The van der Waals surface area contributed by atoms with Crippen LogP contribution < -0.4 is 20.9 Å². The molecule has 4 fully saturated rings. The number of anilines is 3. The van der Waals surface area contributed by atoms with Gasteiger partial charge in [0.2, 0.25) is 11.8 Å². The zero-order valence-corrected chi connectivity index (χ0v) is 41.7. The zero-order chi connectivity index (χ0) is 50.9. The number of aromatic nitrogens is 3. The Bertz CT molecular complexity index is 2770. The van der Waals surface area contributed by atoms with E-state index >= 15 is 0 Å². The molecule has 18 heteroatoms. The normalized spacial score (nSPS) is 19.6. The van der Waals surface area contributed by atoms with Crippen molar-refractivity contribution in [2.75, 3.05) is 74.4 Å². The molecule has 4 aliphatic heterocycles. The van der Waals surface area contributed by atoms with Crippen LogP contribution in [0, 0.1) is 5.92 Å². The van der Waals surface area contributed by atoms with E-state index in [1.165, 1.54) is 17.3 Å². The molecule has 4 aliphatic rings. The van der Waals surface area contributed by atoms with E-state index < -0.39 is 35.4 Å². The number of piperazine rings is 1. The first-order valence-electron chi connectivity index (χ1n) is 25.2. The van der Waals surface area contributed by atoms with Gasteiger partial charge in [-0.25, -0.2) is 14.8 Å². The van der Waals surface area contributed by atoms with E-state index in [1.54, 1.807) is 23.2 Å². The molecule has 15 nitrogen and oxygen atoms in total. The smallest absolute Gasteiger partial charge is 0.418 e. The van der Waals surface area contributed by atoms with Gasteiger partial charge in [-0.3, -0.25) is 34.8 Å². The van der Waals surface area contributed by atoms with Crippen LogP contribution in [-0.4, -0.2) is 124 Å². The molecule has 1 unspecified atom stereocenters. The number of benzene rings is 2. The highest BCUT2D eigenvalue weighted by Gasteiger charge is 2.37. The fourth-order valence-corrected chi connectivity index (χ4v) is 10.8. The summed E-state index contributed by atoms with van der Waals surface area (Å²) in [6, 6.07) is 19.6. The summed E-state index contributed by atoms with van der Waals surface area (Å²) in [5, 5.41) is 8.84. The number of likely N-dealkylation sites (tertiary alicyclic amines) is 2. The van der Waals surface area contributed by atoms with Gasteiger partial charge in [-0.2, -0.15) is 13.2 Å². The first-order chi connectivity index (χ1) is 34.4. The Hall–Kier alpha value is -6.53. The molecule has 2 aromatic carbocycles. The van der Waals surface area contributed by atoms with E-state index in [1.807, 2.05) is 56.1 Å². The third-order valence-corrected chi connectivity index (χ3v) is 14.8. The largest absolute Gasteiger partial charge is 0.444 e. The number of ether oxygens (including phenoxy) is 1. The fourth-order valence-electron chi connectivity index (χ4n) is 10.8. The number of halogens is 3. The highest BCUT2D eigenvalue weighted by molar-refractivity contribution is 6.01. The Balaban J connectivity index is 0.727. The number of aryl methyl sites for hydroxylation is 1. The SMILES string of the molecule is C[C@@H](c1cc2c(-c3ccc(NC(=O)OC(C)(C)C)nc3)ccnc2n1C)N1CCC(c2ccc(C(=O)N3CCC(CN4CCN(c5ccc(NC6CCC(=O)NC6=O)cc5C(F)(F)F)CC4)CC3)cc2)CC1. The maximum absolute atomic E-state index is 14.3. The first kappa shape index (κ1) is 50.4.